The molecule has 0 radical (unpaired) electrons. The Morgan fingerprint density at radius 1 is 1.33 bits per heavy atom. The lowest BCUT2D eigenvalue weighted by Crippen LogP contribution is -2.39. The number of hydrogen-bond donors (Lipinski definition) is 0. The number of carbonyl (C=O) groups excluding carboxylic acids is 2. The van der Waals surface area contributed by atoms with Gasteiger partial charge in [0.1, 0.15) is 0 Å². The van der Waals surface area contributed by atoms with Crippen molar-refractivity contribution in [2.75, 3.05) is 34.2 Å². The number of nitrogens with zero attached hydrogens (tertiary/aromatic N) is 4. The quantitative estimate of drug-likeness (QED) is 0.830. The van der Waals surface area contributed by atoms with Crippen LogP contribution < -0.4 is 0 Å². The maximum absolute atomic E-state index is 13.1. The maximum atomic E-state index is 13.1. The lowest BCUT2D eigenvalue weighted by molar-refractivity contribution is -0.135. The molecule has 24 heavy (non-hydrogen) atoms. The van der Waals surface area contributed by atoms with Gasteiger partial charge in [0.25, 0.3) is 0 Å². The third-order valence-corrected chi connectivity index (χ3v) is 5.48. The third kappa shape index (κ3) is 2.90. The zero-order chi connectivity index (χ0) is 17.4. The molecule has 3 heterocycles. The Balaban J connectivity index is 1.82. The maximum Gasteiger partial charge on any atom is 0.228 e. The van der Waals surface area contributed by atoms with Gasteiger partial charge in [0.2, 0.25) is 11.8 Å². The van der Waals surface area contributed by atoms with E-state index in [1.54, 1.807) is 24.3 Å². The summed E-state index contributed by atoms with van der Waals surface area (Å²) < 4.78 is 0. The van der Waals surface area contributed by atoms with Crippen molar-refractivity contribution in [3.05, 3.63) is 30.1 Å². The molecular weight excluding hydrogens is 304 g/mol. The van der Waals surface area contributed by atoms with Crippen molar-refractivity contribution in [3.63, 3.8) is 0 Å². The van der Waals surface area contributed by atoms with Gasteiger partial charge in [-0.15, -0.1) is 0 Å². The Bertz CT molecular complexity index is 619. The minimum atomic E-state index is -0.320. The molecule has 0 spiro atoms. The number of pyridine rings is 1. The smallest absolute Gasteiger partial charge is 0.228 e. The summed E-state index contributed by atoms with van der Waals surface area (Å²) in [5.74, 6) is 0.242. The van der Waals surface area contributed by atoms with Crippen LogP contribution in [0.3, 0.4) is 0 Å². The molecule has 6 heteroatoms. The van der Waals surface area contributed by atoms with Crippen LogP contribution >= 0.6 is 0 Å². The first-order chi connectivity index (χ1) is 11.4. The zero-order valence-electron chi connectivity index (χ0n) is 14.8. The lowest BCUT2D eigenvalue weighted by Gasteiger charge is -2.28. The average Bonchev–Trinajstić information content (AvgIpc) is 3.09. The van der Waals surface area contributed by atoms with Crippen LogP contribution in [0.5, 0.6) is 0 Å². The van der Waals surface area contributed by atoms with E-state index in [1.165, 1.54) is 0 Å². The number of aromatic nitrogens is 1. The van der Waals surface area contributed by atoms with Gasteiger partial charge >= 0.3 is 0 Å². The fourth-order valence-corrected chi connectivity index (χ4v) is 4.13. The van der Waals surface area contributed by atoms with E-state index in [9.17, 15) is 9.59 Å². The molecule has 1 aromatic heterocycles. The van der Waals surface area contributed by atoms with E-state index < -0.39 is 0 Å². The molecule has 4 atom stereocenters. The summed E-state index contributed by atoms with van der Waals surface area (Å²) in [5, 5.41) is 0. The molecule has 0 bridgehead atoms. The second-order valence-electron chi connectivity index (χ2n) is 7.30. The van der Waals surface area contributed by atoms with Crippen molar-refractivity contribution in [2.45, 2.75) is 25.4 Å². The molecule has 6 nitrogen and oxygen atoms in total. The first-order valence-corrected chi connectivity index (χ1v) is 8.51. The summed E-state index contributed by atoms with van der Waals surface area (Å²) in [7, 11) is 5.89. The minimum Gasteiger partial charge on any atom is -0.340 e. The molecule has 0 aliphatic carbocycles. The Morgan fingerprint density at radius 3 is 2.67 bits per heavy atom. The Hall–Kier alpha value is -1.95. The molecule has 2 amide bonds. The van der Waals surface area contributed by atoms with Crippen LogP contribution in [-0.2, 0) is 9.59 Å². The van der Waals surface area contributed by atoms with E-state index in [0.717, 1.165) is 18.7 Å². The molecule has 130 valence electrons. The lowest BCUT2D eigenvalue weighted by atomic mass is 9.93. The van der Waals surface area contributed by atoms with Gasteiger partial charge in [-0.3, -0.25) is 14.6 Å². The second kappa shape index (κ2) is 6.51. The molecule has 1 aromatic rings. The van der Waals surface area contributed by atoms with E-state index in [4.69, 9.17) is 0 Å². The summed E-state index contributed by atoms with van der Waals surface area (Å²) in [6.45, 7) is 3.68. The molecule has 0 saturated carbocycles. The highest BCUT2D eigenvalue weighted by atomic mass is 16.2. The van der Waals surface area contributed by atoms with Crippen LogP contribution in [0, 0.1) is 11.8 Å². The summed E-state index contributed by atoms with van der Waals surface area (Å²) in [6.07, 6.45) is 3.75. The summed E-state index contributed by atoms with van der Waals surface area (Å²) in [4.78, 5) is 35.4. The third-order valence-electron chi connectivity index (χ3n) is 5.48. The van der Waals surface area contributed by atoms with Crippen molar-refractivity contribution in [1.82, 2.24) is 19.7 Å². The van der Waals surface area contributed by atoms with Crippen molar-refractivity contribution >= 4 is 11.8 Å². The van der Waals surface area contributed by atoms with Crippen molar-refractivity contribution in [1.29, 1.82) is 0 Å². The largest absolute Gasteiger partial charge is 0.340 e. The standard InChI is InChI=1S/C18H26N4O2/c1-12-10-22(11-15(12)20(2)3)18(24)14-8-16(23)21(4)17(14)13-6-5-7-19-9-13/h5-7,9,12,14-15,17H,8,10-11H2,1-4H3/t12-,14-,15-,17+/m1/s1. The molecule has 2 aliphatic rings. The number of amides is 2. The van der Waals surface area contributed by atoms with Crippen LogP contribution in [-0.4, -0.2) is 71.8 Å². The molecule has 0 N–H and O–H groups in total. The topological polar surface area (TPSA) is 56.8 Å². The highest BCUT2D eigenvalue weighted by molar-refractivity contribution is 5.90. The van der Waals surface area contributed by atoms with E-state index in [0.29, 0.717) is 12.0 Å². The Labute approximate surface area is 143 Å². The first kappa shape index (κ1) is 16.9. The van der Waals surface area contributed by atoms with E-state index in [-0.39, 0.29) is 30.2 Å². The van der Waals surface area contributed by atoms with Crippen LogP contribution in [0.4, 0.5) is 0 Å². The van der Waals surface area contributed by atoms with Crippen molar-refractivity contribution < 1.29 is 9.59 Å². The van der Waals surface area contributed by atoms with Crippen LogP contribution in [0.15, 0.2) is 24.5 Å². The van der Waals surface area contributed by atoms with E-state index in [1.807, 2.05) is 17.0 Å². The van der Waals surface area contributed by atoms with Crippen LogP contribution in [0.1, 0.15) is 24.9 Å². The molecule has 2 fully saturated rings. The normalized spacial score (nSPS) is 30.5. The van der Waals surface area contributed by atoms with Crippen molar-refractivity contribution in [2.24, 2.45) is 11.8 Å². The SMILES string of the molecule is C[C@@H]1CN(C(=O)[C@@H]2CC(=O)N(C)[C@H]2c2cccnc2)C[C@H]1N(C)C. The molecule has 3 rings (SSSR count). The monoisotopic (exact) mass is 330 g/mol. The summed E-state index contributed by atoms with van der Waals surface area (Å²) in [5.41, 5.74) is 0.931. The average molecular weight is 330 g/mol. The molecule has 2 aliphatic heterocycles. The summed E-state index contributed by atoms with van der Waals surface area (Å²) in [6, 6.07) is 3.96. The van der Waals surface area contributed by atoms with Gasteiger partial charge in [-0.1, -0.05) is 13.0 Å². The van der Waals surface area contributed by atoms with Crippen LogP contribution in [0.2, 0.25) is 0 Å². The number of carbonyl (C=O) groups is 2. The first-order valence-electron chi connectivity index (χ1n) is 8.51. The highest BCUT2D eigenvalue weighted by Gasteiger charge is 2.46. The summed E-state index contributed by atoms with van der Waals surface area (Å²) >= 11 is 0. The van der Waals surface area contributed by atoms with Gasteiger partial charge < -0.3 is 14.7 Å². The van der Waals surface area contributed by atoms with Gasteiger partial charge in [0, 0.05) is 45.0 Å². The Kier molecular flexibility index (Phi) is 4.58. The number of likely N-dealkylation sites (N-methyl/N-ethyl adjacent to an activating group) is 1. The predicted octanol–water partition coefficient (Wildman–Crippen LogP) is 1.01. The number of rotatable bonds is 3. The fraction of sp³-hybridized carbons (Fsp3) is 0.611. The van der Waals surface area contributed by atoms with Crippen molar-refractivity contribution in [3.8, 4) is 0 Å². The molecule has 2 saturated heterocycles. The van der Waals surface area contributed by atoms with Gasteiger partial charge in [-0.2, -0.15) is 0 Å². The Morgan fingerprint density at radius 2 is 2.08 bits per heavy atom. The van der Waals surface area contributed by atoms with Gasteiger partial charge in [-0.05, 0) is 31.6 Å². The molecule has 0 aromatic carbocycles. The fourth-order valence-electron chi connectivity index (χ4n) is 4.13. The highest BCUT2D eigenvalue weighted by Crippen LogP contribution is 2.38. The van der Waals surface area contributed by atoms with Gasteiger partial charge in [0.05, 0.1) is 12.0 Å². The predicted molar refractivity (Wildman–Crippen MR) is 91.1 cm³/mol. The van der Waals surface area contributed by atoms with Gasteiger partial charge in [-0.25, -0.2) is 0 Å². The number of likely N-dealkylation sites (tertiary alicyclic amines) is 2. The van der Waals surface area contributed by atoms with E-state index in [2.05, 4.69) is 30.9 Å². The minimum absolute atomic E-state index is 0.0265. The molecule has 0 unspecified atom stereocenters. The number of hydrogen-bond acceptors (Lipinski definition) is 4. The second-order valence-corrected chi connectivity index (χ2v) is 7.30. The zero-order valence-corrected chi connectivity index (χ0v) is 14.8. The van der Waals surface area contributed by atoms with Gasteiger partial charge in [0.15, 0.2) is 0 Å². The van der Waals surface area contributed by atoms with E-state index >= 15 is 0 Å². The molecular formula is C18H26N4O2. The van der Waals surface area contributed by atoms with Crippen LogP contribution in [0.25, 0.3) is 0 Å².